The van der Waals surface area contributed by atoms with E-state index in [9.17, 15) is 23.1 Å². The molecule has 1 atom stereocenters. The molecule has 17 heavy (non-hydrogen) atoms. The van der Waals surface area contributed by atoms with E-state index in [2.05, 4.69) is 0 Å². The van der Waals surface area contributed by atoms with Crippen LogP contribution in [0.25, 0.3) is 0 Å². The summed E-state index contributed by atoms with van der Waals surface area (Å²) in [6.07, 6.45) is 0. The SMILES string of the molecule is CC(O)(c1ccc(F)cc1Cl)C(F)(F)C(=O)O. The van der Waals surface area contributed by atoms with E-state index in [1.165, 1.54) is 0 Å². The lowest BCUT2D eigenvalue weighted by atomic mass is 9.89. The number of carboxylic acid groups (broad SMARTS) is 1. The maximum absolute atomic E-state index is 13.3. The number of hydrogen-bond acceptors (Lipinski definition) is 2. The van der Waals surface area contributed by atoms with Crippen LogP contribution in [0.3, 0.4) is 0 Å². The lowest BCUT2D eigenvalue weighted by Gasteiger charge is -2.30. The summed E-state index contributed by atoms with van der Waals surface area (Å²) in [6.45, 7) is 0.597. The van der Waals surface area contributed by atoms with Gasteiger partial charge in [-0.25, -0.2) is 9.18 Å². The molecule has 0 radical (unpaired) electrons. The van der Waals surface area contributed by atoms with Crippen molar-refractivity contribution in [3.63, 3.8) is 0 Å². The fourth-order valence-electron chi connectivity index (χ4n) is 1.26. The molecule has 0 aromatic heterocycles. The molecule has 0 amide bonds. The highest BCUT2D eigenvalue weighted by molar-refractivity contribution is 6.31. The molecule has 0 aliphatic carbocycles. The van der Waals surface area contributed by atoms with Crippen LogP contribution in [0, 0.1) is 5.82 Å². The third-order valence-electron chi connectivity index (χ3n) is 2.34. The zero-order valence-electron chi connectivity index (χ0n) is 8.55. The van der Waals surface area contributed by atoms with Crippen LogP contribution in [0.5, 0.6) is 0 Å². The molecule has 1 aromatic carbocycles. The van der Waals surface area contributed by atoms with Gasteiger partial charge in [0.25, 0.3) is 0 Å². The highest BCUT2D eigenvalue weighted by Crippen LogP contribution is 2.40. The van der Waals surface area contributed by atoms with Gasteiger partial charge >= 0.3 is 11.9 Å². The van der Waals surface area contributed by atoms with Crippen LogP contribution < -0.4 is 0 Å². The van der Waals surface area contributed by atoms with E-state index in [4.69, 9.17) is 16.7 Å². The molecular formula is C10H8ClF3O3. The van der Waals surface area contributed by atoms with E-state index < -0.39 is 33.9 Å². The summed E-state index contributed by atoms with van der Waals surface area (Å²) in [4.78, 5) is 10.4. The van der Waals surface area contributed by atoms with Crippen LogP contribution in [0.1, 0.15) is 12.5 Å². The average Bonchev–Trinajstić information content (AvgIpc) is 2.16. The monoisotopic (exact) mass is 268 g/mol. The normalized spacial score (nSPS) is 15.4. The van der Waals surface area contributed by atoms with Gasteiger partial charge in [-0.3, -0.25) is 0 Å². The number of benzene rings is 1. The summed E-state index contributed by atoms with van der Waals surface area (Å²) in [5.74, 6) is -7.73. The molecule has 0 aliphatic heterocycles. The van der Waals surface area contributed by atoms with Crippen molar-refractivity contribution in [2.45, 2.75) is 18.4 Å². The van der Waals surface area contributed by atoms with Gasteiger partial charge in [0.2, 0.25) is 0 Å². The van der Waals surface area contributed by atoms with E-state index in [0.717, 1.165) is 12.1 Å². The van der Waals surface area contributed by atoms with Crippen molar-refractivity contribution < 1.29 is 28.2 Å². The Kier molecular flexibility index (Phi) is 3.40. The first-order valence-corrected chi connectivity index (χ1v) is 4.77. The van der Waals surface area contributed by atoms with Crippen molar-refractivity contribution in [3.8, 4) is 0 Å². The molecule has 0 aliphatic rings. The third kappa shape index (κ3) is 2.23. The predicted molar refractivity (Wildman–Crippen MR) is 53.6 cm³/mol. The highest BCUT2D eigenvalue weighted by atomic mass is 35.5. The second-order valence-corrected chi connectivity index (χ2v) is 3.98. The minimum atomic E-state index is -4.45. The van der Waals surface area contributed by atoms with Gasteiger partial charge in [0.15, 0.2) is 5.60 Å². The Balaban J connectivity index is 3.35. The van der Waals surface area contributed by atoms with Crippen LogP contribution >= 0.6 is 11.6 Å². The van der Waals surface area contributed by atoms with Crippen molar-refractivity contribution in [2.75, 3.05) is 0 Å². The van der Waals surface area contributed by atoms with Crippen LogP contribution in [0.2, 0.25) is 5.02 Å². The van der Waals surface area contributed by atoms with Crippen molar-refractivity contribution in [3.05, 3.63) is 34.6 Å². The van der Waals surface area contributed by atoms with Gasteiger partial charge in [-0.05, 0) is 19.1 Å². The first-order chi connectivity index (χ1) is 7.60. The van der Waals surface area contributed by atoms with Crippen molar-refractivity contribution in [1.29, 1.82) is 0 Å². The number of hydrogen-bond donors (Lipinski definition) is 2. The molecule has 0 heterocycles. The number of carbonyl (C=O) groups is 1. The van der Waals surface area contributed by atoms with Gasteiger partial charge in [0.1, 0.15) is 5.82 Å². The molecule has 0 saturated carbocycles. The van der Waals surface area contributed by atoms with Crippen molar-refractivity contribution in [2.24, 2.45) is 0 Å². The summed E-state index contributed by atoms with van der Waals surface area (Å²) >= 11 is 5.50. The Labute approximate surface area is 99.4 Å². The van der Waals surface area contributed by atoms with Crippen molar-refractivity contribution in [1.82, 2.24) is 0 Å². The third-order valence-corrected chi connectivity index (χ3v) is 2.65. The maximum Gasteiger partial charge on any atom is 0.378 e. The Bertz CT molecular complexity index is 460. The number of rotatable bonds is 3. The van der Waals surface area contributed by atoms with Gasteiger partial charge in [-0.2, -0.15) is 8.78 Å². The molecule has 1 unspecified atom stereocenters. The first kappa shape index (κ1) is 13.8. The molecule has 2 N–H and O–H groups in total. The summed E-state index contributed by atoms with van der Waals surface area (Å²) in [5, 5.41) is 17.5. The Morgan fingerprint density at radius 1 is 1.41 bits per heavy atom. The van der Waals surface area contributed by atoms with Gasteiger partial charge < -0.3 is 10.2 Å². The highest BCUT2D eigenvalue weighted by Gasteiger charge is 2.57. The van der Waals surface area contributed by atoms with E-state index in [0.29, 0.717) is 13.0 Å². The number of halogens is 4. The second-order valence-electron chi connectivity index (χ2n) is 3.58. The van der Waals surface area contributed by atoms with Crippen molar-refractivity contribution >= 4 is 17.6 Å². The lowest BCUT2D eigenvalue weighted by molar-refractivity contribution is -0.207. The summed E-state index contributed by atoms with van der Waals surface area (Å²) in [7, 11) is 0. The quantitative estimate of drug-likeness (QED) is 0.885. The van der Waals surface area contributed by atoms with E-state index in [-0.39, 0.29) is 0 Å². The number of carboxylic acids is 1. The van der Waals surface area contributed by atoms with Crippen LogP contribution in [-0.4, -0.2) is 22.1 Å². The molecule has 0 spiro atoms. The summed E-state index contributed by atoms with van der Waals surface area (Å²) < 4.78 is 39.3. The van der Waals surface area contributed by atoms with E-state index in [1.54, 1.807) is 0 Å². The molecule has 0 saturated heterocycles. The molecule has 94 valence electrons. The Hall–Kier alpha value is -1.27. The van der Waals surface area contributed by atoms with Crippen LogP contribution in [-0.2, 0) is 10.4 Å². The minimum Gasteiger partial charge on any atom is -0.477 e. The Morgan fingerprint density at radius 2 is 1.94 bits per heavy atom. The van der Waals surface area contributed by atoms with Crippen LogP contribution in [0.4, 0.5) is 13.2 Å². The molecule has 7 heteroatoms. The molecule has 0 bridgehead atoms. The number of alkyl halides is 2. The number of aliphatic carboxylic acids is 1. The predicted octanol–water partition coefficient (Wildman–Crippen LogP) is 2.41. The largest absolute Gasteiger partial charge is 0.477 e. The van der Waals surface area contributed by atoms with Gasteiger partial charge in [0.05, 0.1) is 0 Å². The fourth-order valence-corrected chi connectivity index (χ4v) is 1.61. The minimum absolute atomic E-state index is 0.476. The summed E-state index contributed by atoms with van der Waals surface area (Å²) in [5.41, 5.74) is -3.60. The molecular weight excluding hydrogens is 261 g/mol. The lowest BCUT2D eigenvalue weighted by Crippen LogP contribution is -2.49. The van der Waals surface area contributed by atoms with E-state index in [1.807, 2.05) is 0 Å². The zero-order chi connectivity index (χ0) is 13.4. The first-order valence-electron chi connectivity index (χ1n) is 4.40. The van der Waals surface area contributed by atoms with Gasteiger partial charge in [0, 0.05) is 10.6 Å². The topological polar surface area (TPSA) is 57.5 Å². The summed E-state index contributed by atoms with van der Waals surface area (Å²) in [6, 6.07) is 2.32. The number of aliphatic hydroxyl groups is 1. The smallest absolute Gasteiger partial charge is 0.378 e. The van der Waals surface area contributed by atoms with Gasteiger partial charge in [-0.1, -0.05) is 17.7 Å². The standard InChI is InChI=1S/C10H8ClF3O3/c1-9(17,10(13,14)8(15)16)6-3-2-5(12)4-7(6)11/h2-4,17H,1H3,(H,15,16). The van der Waals surface area contributed by atoms with Crippen LogP contribution in [0.15, 0.2) is 18.2 Å². The molecule has 1 rings (SSSR count). The molecule has 1 aromatic rings. The Morgan fingerprint density at radius 3 is 2.35 bits per heavy atom. The molecule has 0 fully saturated rings. The maximum atomic E-state index is 13.3. The second kappa shape index (κ2) is 4.19. The fraction of sp³-hybridized carbons (Fsp3) is 0.300. The average molecular weight is 269 g/mol. The van der Waals surface area contributed by atoms with E-state index >= 15 is 0 Å². The zero-order valence-corrected chi connectivity index (χ0v) is 9.30. The molecule has 3 nitrogen and oxygen atoms in total. The van der Waals surface area contributed by atoms with Gasteiger partial charge in [-0.15, -0.1) is 0 Å².